The van der Waals surface area contributed by atoms with E-state index in [1.807, 2.05) is 11.3 Å². The largest absolute Gasteiger partial charge is 0.457 e. The third-order valence-corrected chi connectivity index (χ3v) is 10.8. The van der Waals surface area contributed by atoms with Crippen LogP contribution in [0.1, 0.15) is 22.3 Å². The molecule has 0 fully saturated rings. The van der Waals surface area contributed by atoms with Gasteiger partial charge in [0, 0.05) is 36.7 Å². The maximum Gasteiger partial charge on any atom is 0.132 e. The molecule has 1 aliphatic carbocycles. The van der Waals surface area contributed by atoms with E-state index in [9.17, 15) is 0 Å². The molecule has 2 aliphatic rings. The van der Waals surface area contributed by atoms with Crippen LogP contribution in [-0.4, -0.2) is 0 Å². The highest BCUT2D eigenvalue weighted by Gasteiger charge is 2.51. The summed E-state index contributed by atoms with van der Waals surface area (Å²) >= 11 is 1.89. The van der Waals surface area contributed by atoms with Crippen molar-refractivity contribution in [3.05, 3.63) is 168 Å². The van der Waals surface area contributed by atoms with Gasteiger partial charge in [0.15, 0.2) is 0 Å². The molecule has 200 valence electrons. The Morgan fingerprint density at radius 3 is 2.02 bits per heavy atom. The summed E-state index contributed by atoms with van der Waals surface area (Å²) < 4.78 is 9.25. The number of hydrogen-bond donors (Lipinski definition) is 0. The zero-order chi connectivity index (χ0) is 28.1. The minimum absolute atomic E-state index is 0.439. The molecule has 0 saturated carbocycles. The lowest BCUT2D eigenvalue weighted by Crippen LogP contribution is -2.31. The summed E-state index contributed by atoms with van der Waals surface area (Å²) in [6.45, 7) is 0. The van der Waals surface area contributed by atoms with E-state index in [4.69, 9.17) is 4.74 Å². The summed E-state index contributed by atoms with van der Waals surface area (Å²) in [7, 11) is 0. The molecule has 0 bridgehead atoms. The number of para-hydroxylation sites is 1. The average molecular weight is 565 g/mol. The van der Waals surface area contributed by atoms with Crippen molar-refractivity contribution in [2.75, 3.05) is 0 Å². The number of thiophene rings is 1. The molecule has 43 heavy (non-hydrogen) atoms. The van der Waals surface area contributed by atoms with E-state index in [0.717, 1.165) is 11.5 Å². The maximum absolute atomic E-state index is 6.56. The van der Waals surface area contributed by atoms with Crippen LogP contribution in [0.15, 0.2) is 146 Å². The van der Waals surface area contributed by atoms with Crippen molar-refractivity contribution in [1.29, 1.82) is 0 Å². The van der Waals surface area contributed by atoms with Crippen molar-refractivity contribution in [3.63, 3.8) is 0 Å². The van der Waals surface area contributed by atoms with Crippen molar-refractivity contribution in [3.8, 4) is 33.8 Å². The van der Waals surface area contributed by atoms with Crippen LogP contribution in [-0.2, 0) is 5.41 Å². The molecule has 2 heteroatoms. The zero-order valence-electron chi connectivity index (χ0n) is 23.2. The van der Waals surface area contributed by atoms with E-state index in [2.05, 4.69) is 146 Å². The molecule has 0 N–H and O–H groups in total. The lowest BCUT2D eigenvalue weighted by Gasteiger charge is -2.39. The minimum atomic E-state index is -0.439. The summed E-state index contributed by atoms with van der Waals surface area (Å²) in [4.78, 5) is 0. The first kappa shape index (κ1) is 23.4. The van der Waals surface area contributed by atoms with Crippen LogP contribution in [0, 0.1) is 0 Å². The summed E-state index contributed by atoms with van der Waals surface area (Å²) in [6.07, 6.45) is 0. The van der Waals surface area contributed by atoms with Gasteiger partial charge in [-0.15, -0.1) is 11.3 Å². The Balaban J connectivity index is 1.24. The molecule has 7 aromatic carbocycles. The first-order chi connectivity index (χ1) is 21.3. The fourth-order valence-electron chi connectivity index (χ4n) is 7.81. The standard InChI is InChI=1S/C41H24OS/c1-2-13-31-27(10-1)32(24-33-29-12-4-8-19-38(29)43-40(31)33)25-20-22-26(23-21-25)41-34-15-5-3-11-28(34)30-14-9-18-37(39(30)41)42-36-17-7-6-16-35(36)41/h1-24H. The molecule has 0 saturated heterocycles. The highest BCUT2D eigenvalue weighted by Crippen LogP contribution is 2.63. The molecule has 1 nitrogen and oxygen atoms in total. The maximum atomic E-state index is 6.56. The second-order valence-corrected chi connectivity index (χ2v) is 12.6. The highest BCUT2D eigenvalue weighted by molar-refractivity contribution is 7.26. The Hall–Kier alpha value is -5.18. The quantitative estimate of drug-likeness (QED) is 0.203. The second kappa shape index (κ2) is 8.44. The first-order valence-corrected chi connectivity index (χ1v) is 15.6. The van der Waals surface area contributed by atoms with Gasteiger partial charge in [-0.1, -0.05) is 121 Å². The van der Waals surface area contributed by atoms with Crippen LogP contribution < -0.4 is 4.74 Å². The number of ether oxygens (including phenoxy) is 1. The fraction of sp³-hybridized carbons (Fsp3) is 0.0244. The Morgan fingerprint density at radius 1 is 0.465 bits per heavy atom. The van der Waals surface area contributed by atoms with E-state index < -0.39 is 5.41 Å². The predicted octanol–water partition coefficient (Wildman–Crippen LogP) is 11.3. The Bertz CT molecular complexity index is 2430. The van der Waals surface area contributed by atoms with Crippen molar-refractivity contribution in [2.45, 2.75) is 5.41 Å². The minimum Gasteiger partial charge on any atom is -0.457 e. The topological polar surface area (TPSA) is 9.23 Å². The normalized spacial score (nSPS) is 16.2. The van der Waals surface area contributed by atoms with Gasteiger partial charge in [0.05, 0.1) is 5.41 Å². The van der Waals surface area contributed by atoms with Gasteiger partial charge in [0.25, 0.3) is 0 Å². The van der Waals surface area contributed by atoms with Gasteiger partial charge in [-0.25, -0.2) is 0 Å². The molecule has 0 radical (unpaired) electrons. The molecule has 2 heterocycles. The van der Waals surface area contributed by atoms with E-state index in [1.54, 1.807) is 0 Å². The number of hydrogen-bond acceptors (Lipinski definition) is 2. The summed E-state index contributed by atoms with van der Waals surface area (Å²) in [5, 5.41) is 5.28. The lowest BCUT2D eigenvalue weighted by atomic mass is 9.66. The average Bonchev–Trinajstić information content (AvgIpc) is 3.60. The third kappa shape index (κ3) is 2.96. The molecular formula is C41H24OS. The van der Waals surface area contributed by atoms with Crippen molar-refractivity contribution in [1.82, 2.24) is 0 Å². The highest BCUT2D eigenvalue weighted by atomic mass is 32.1. The lowest BCUT2D eigenvalue weighted by molar-refractivity contribution is 0.438. The predicted molar refractivity (Wildman–Crippen MR) is 180 cm³/mol. The monoisotopic (exact) mass is 564 g/mol. The van der Waals surface area contributed by atoms with Gasteiger partial charge >= 0.3 is 0 Å². The second-order valence-electron chi connectivity index (χ2n) is 11.6. The van der Waals surface area contributed by atoms with Crippen LogP contribution in [0.5, 0.6) is 11.5 Å². The van der Waals surface area contributed by atoms with Gasteiger partial charge in [-0.2, -0.15) is 0 Å². The van der Waals surface area contributed by atoms with Crippen LogP contribution in [0.2, 0.25) is 0 Å². The molecule has 0 amide bonds. The SMILES string of the molecule is c1ccc2c(c1)Oc1cccc3c1C2(c1ccc(-c2cc4c5ccccc5sc4c4ccccc24)cc1)c1ccccc1-3. The van der Waals surface area contributed by atoms with E-state index >= 15 is 0 Å². The number of benzene rings is 7. The first-order valence-electron chi connectivity index (χ1n) is 14.8. The molecule has 1 atom stereocenters. The molecule has 8 aromatic rings. The molecule has 0 spiro atoms. The summed E-state index contributed by atoms with van der Waals surface area (Å²) in [5.74, 6) is 1.87. The Morgan fingerprint density at radius 2 is 1.14 bits per heavy atom. The van der Waals surface area contributed by atoms with E-state index in [1.165, 1.54) is 75.5 Å². The molecule has 10 rings (SSSR count). The van der Waals surface area contributed by atoms with Crippen LogP contribution in [0.4, 0.5) is 0 Å². The van der Waals surface area contributed by atoms with E-state index in [-0.39, 0.29) is 0 Å². The van der Waals surface area contributed by atoms with Crippen LogP contribution >= 0.6 is 11.3 Å². The Labute approximate surface area is 253 Å². The van der Waals surface area contributed by atoms with Gasteiger partial charge in [0.1, 0.15) is 11.5 Å². The van der Waals surface area contributed by atoms with Crippen molar-refractivity contribution >= 4 is 42.3 Å². The molecule has 1 aliphatic heterocycles. The van der Waals surface area contributed by atoms with Crippen molar-refractivity contribution < 1.29 is 4.74 Å². The van der Waals surface area contributed by atoms with E-state index in [0.29, 0.717) is 0 Å². The number of fused-ring (bicyclic) bond motifs is 10. The summed E-state index contributed by atoms with van der Waals surface area (Å²) in [6, 6.07) is 53.3. The zero-order valence-corrected chi connectivity index (χ0v) is 24.0. The van der Waals surface area contributed by atoms with Gasteiger partial charge < -0.3 is 4.74 Å². The van der Waals surface area contributed by atoms with Crippen molar-refractivity contribution in [2.24, 2.45) is 0 Å². The van der Waals surface area contributed by atoms with Gasteiger partial charge in [-0.05, 0) is 63.0 Å². The fourth-order valence-corrected chi connectivity index (χ4v) is 9.03. The summed E-state index contributed by atoms with van der Waals surface area (Å²) in [5.41, 5.74) is 9.63. The molecule has 1 unspecified atom stereocenters. The molecule has 1 aromatic heterocycles. The van der Waals surface area contributed by atoms with Crippen LogP contribution in [0.3, 0.4) is 0 Å². The third-order valence-electron chi connectivity index (χ3n) is 9.55. The Kier molecular flexibility index (Phi) is 4.59. The van der Waals surface area contributed by atoms with Crippen LogP contribution in [0.25, 0.3) is 53.2 Å². The smallest absolute Gasteiger partial charge is 0.132 e. The van der Waals surface area contributed by atoms with Gasteiger partial charge in [0.2, 0.25) is 0 Å². The molecular weight excluding hydrogens is 541 g/mol. The number of rotatable bonds is 2. The van der Waals surface area contributed by atoms with Gasteiger partial charge in [-0.3, -0.25) is 0 Å².